The highest BCUT2D eigenvalue weighted by atomic mass is 32.1. The molecule has 2 aromatic rings. The minimum atomic E-state index is 0.765. The lowest BCUT2D eigenvalue weighted by molar-refractivity contribution is 0.159. The first-order valence-electron chi connectivity index (χ1n) is 8.61. The van der Waals surface area contributed by atoms with Crippen molar-refractivity contribution < 1.29 is 0 Å². The van der Waals surface area contributed by atoms with Crippen LogP contribution < -0.4 is 0 Å². The van der Waals surface area contributed by atoms with Crippen molar-refractivity contribution in [2.24, 2.45) is 0 Å². The first-order chi connectivity index (χ1) is 11.2. The lowest BCUT2D eigenvalue weighted by Gasteiger charge is -2.33. The smallest absolute Gasteiger partial charge is 0.123 e. The highest BCUT2D eigenvalue weighted by molar-refractivity contribution is 7.13. The maximum Gasteiger partial charge on any atom is 0.123 e. The molecule has 0 bridgehead atoms. The van der Waals surface area contributed by atoms with Crippen LogP contribution in [0.3, 0.4) is 0 Å². The summed E-state index contributed by atoms with van der Waals surface area (Å²) in [7, 11) is 4.49. The molecule has 23 heavy (non-hydrogen) atoms. The summed E-state index contributed by atoms with van der Waals surface area (Å²) in [5.74, 6) is 0. The number of likely N-dealkylation sites (tertiary alicyclic amines) is 1. The molecule has 0 radical (unpaired) electrons. The van der Waals surface area contributed by atoms with E-state index in [1.807, 2.05) is 6.07 Å². The van der Waals surface area contributed by atoms with Gasteiger partial charge < -0.3 is 9.80 Å². The van der Waals surface area contributed by atoms with Gasteiger partial charge in [-0.25, -0.2) is 4.98 Å². The Morgan fingerprint density at radius 2 is 2.09 bits per heavy atom. The fourth-order valence-corrected chi connectivity index (χ4v) is 4.14. The second-order valence-corrected chi connectivity index (χ2v) is 7.52. The van der Waals surface area contributed by atoms with E-state index in [1.165, 1.54) is 43.5 Å². The summed E-state index contributed by atoms with van der Waals surface area (Å²) >= 11 is 1.75. The third-order valence-electron chi connectivity index (χ3n) is 4.77. The maximum absolute atomic E-state index is 4.80. The van der Waals surface area contributed by atoms with E-state index in [9.17, 15) is 0 Å². The summed E-state index contributed by atoms with van der Waals surface area (Å²) in [4.78, 5) is 9.74. The molecule has 0 N–H and O–H groups in total. The fourth-order valence-electron chi connectivity index (χ4n) is 3.33. The largest absolute Gasteiger partial charge is 0.303 e. The van der Waals surface area contributed by atoms with Crippen molar-refractivity contribution in [1.82, 2.24) is 14.8 Å². The number of nitrogens with zero attached hydrogens (tertiary/aromatic N) is 3. The van der Waals surface area contributed by atoms with E-state index in [0.29, 0.717) is 0 Å². The molecule has 1 aliphatic rings. The number of hydrogen-bond acceptors (Lipinski definition) is 4. The molecule has 1 aromatic carbocycles. The molecule has 1 aliphatic heterocycles. The van der Waals surface area contributed by atoms with Gasteiger partial charge in [0.25, 0.3) is 0 Å². The van der Waals surface area contributed by atoms with Gasteiger partial charge in [-0.3, -0.25) is 0 Å². The summed E-state index contributed by atoms with van der Waals surface area (Å²) in [6, 6.07) is 11.2. The molecule has 3 rings (SSSR count). The van der Waals surface area contributed by atoms with Crippen LogP contribution >= 0.6 is 11.3 Å². The lowest BCUT2D eigenvalue weighted by Crippen LogP contribution is -2.38. The van der Waals surface area contributed by atoms with Crippen molar-refractivity contribution in [2.45, 2.75) is 38.3 Å². The molecule has 1 unspecified atom stereocenters. The Morgan fingerprint density at radius 1 is 1.26 bits per heavy atom. The third-order valence-corrected chi connectivity index (χ3v) is 5.71. The van der Waals surface area contributed by atoms with Crippen molar-refractivity contribution in [2.75, 3.05) is 27.2 Å². The number of thiazole rings is 1. The molecular formula is C19H27N3S. The second kappa shape index (κ2) is 8.04. The average molecular weight is 330 g/mol. The van der Waals surface area contributed by atoms with Crippen LogP contribution in [0.4, 0.5) is 0 Å². The molecular weight excluding hydrogens is 302 g/mol. The van der Waals surface area contributed by atoms with Crippen LogP contribution in [0, 0.1) is 0 Å². The molecule has 1 saturated heterocycles. The molecule has 124 valence electrons. The van der Waals surface area contributed by atoms with E-state index >= 15 is 0 Å². The second-order valence-electron chi connectivity index (χ2n) is 6.67. The Kier molecular flexibility index (Phi) is 5.81. The van der Waals surface area contributed by atoms with Crippen LogP contribution in [-0.4, -0.2) is 48.0 Å². The van der Waals surface area contributed by atoms with E-state index in [-0.39, 0.29) is 0 Å². The van der Waals surface area contributed by atoms with Gasteiger partial charge in [0.15, 0.2) is 0 Å². The molecule has 1 fully saturated rings. The van der Waals surface area contributed by atoms with E-state index < -0.39 is 0 Å². The van der Waals surface area contributed by atoms with Gasteiger partial charge in [0.2, 0.25) is 0 Å². The molecule has 2 heterocycles. The van der Waals surface area contributed by atoms with Gasteiger partial charge in [-0.05, 0) is 46.4 Å². The minimum Gasteiger partial charge on any atom is -0.303 e. The summed E-state index contributed by atoms with van der Waals surface area (Å²) in [5.41, 5.74) is 2.41. The van der Waals surface area contributed by atoms with Crippen molar-refractivity contribution in [3.8, 4) is 10.6 Å². The maximum atomic E-state index is 4.80. The van der Waals surface area contributed by atoms with Crippen LogP contribution in [0.1, 0.15) is 31.4 Å². The Bertz CT molecular complexity index is 596. The first kappa shape index (κ1) is 16.6. The number of benzene rings is 1. The monoisotopic (exact) mass is 329 g/mol. The Hall–Kier alpha value is -1.23. The molecule has 1 aromatic heterocycles. The summed E-state index contributed by atoms with van der Waals surface area (Å²) in [6.45, 7) is 3.36. The summed E-state index contributed by atoms with van der Waals surface area (Å²) in [6.07, 6.45) is 5.39. The Balaban J connectivity index is 1.50. The highest BCUT2D eigenvalue weighted by Crippen LogP contribution is 2.24. The van der Waals surface area contributed by atoms with Gasteiger partial charge in [0.05, 0.1) is 5.69 Å². The Labute approximate surface area is 144 Å². The average Bonchev–Trinajstić information content (AvgIpc) is 3.03. The Morgan fingerprint density at radius 3 is 2.87 bits per heavy atom. The van der Waals surface area contributed by atoms with E-state index in [2.05, 4.69) is 53.5 Å². The molecule has 0 amide bonds. The molecule has 1 atom stereocenters. The minimum absolute atomic E-state index is 0.765. The van der Waals surface area contributed by atoms with Gasteiger partial charge in [0, 0.05) is 23.5 Å². The van der Waals surface area contributed by atoms with Gasteiger partial charge in [0.1, 0.15) is 5.01 Å². The predicted octanol–water partition coefficient (Wildman–Crippen LogP) is 4.12. The molecule has 3 nitrogen and oxygen atoms in total. The fraction of sp³-hybridized carbons (Fsp3) is 0.526. The van der Waals surface area contributed by atoms with Gasteiger partial charge in [-0.2, -0.15) is 0 Å². The third kappa shape index (κ3) is 4.63. The van der Waals surface area contributed by atoms with Gasteiger partial charge >= 0.3 is 0 Å². The first-order valence-corrected chi connectivity index (χ1v) is 9.49. The number of piperidine rings is 1. The zero-order valence-electron chi connectivity index (χ0n) is 14.2. The van der Waals surface area contributed by atoms with Gasteiger partial charge in [-0.15, -0.1) is 11.3 Å². The van der Waals surface area contributed by atoms with Crippen LogP contribution in [0.15, 0.2) is 35.7 Å². The van der Waals surface area contributed by atoms with Crippen LogP contribution in [-0.2, 0) is 6.54 Å². The molecule has 4 heteroatoms. The summed E-state index contributed by atoms with van der Waals surface area (Å²) in [5, 5.41) is 3.33. The van der Waals surface area contributed by atoms with E-state index in [4.69, 9.17) is 4.98 Å². The number of hydrogen-bond donors (Lipinski definition) is 0. The van der Waals surface area contributed by atoms with E-state index in [1.54, 1.807) is 11.3 Å². The van der Waals surface area contributed by atoms with Crippen LogP contribution in [0.2, 0.25) is 0 Å². The van der Waals surface area contributed by atoms with Crippen molar-refractivity contribution in [1.29, 1.82) is 0 Å². The SMILES string of the molecule is CN(CCC1CCCCN1C)Cc1csc(-c2ccccc2)n1. The topological polar surface area (TPSA) is 19.4 Å². The lowest BCUT2D eigenvalue weighted by atomic mass is 10.00. The molecule has 0 spiro atoms. The van der Waals surface area contributed by atoms with Crippen molar-refractivity contribution in [3.05, 3.63) is 41.4 Å². The summed E-state index contributed by atoms with van der Waals surface area (Å²) < 4.78 is 0. The highest BCUT2D eigenvalue weighted by Gasteiger charge is 2.19. The standard InChI is InChI=1S/C19H27N3S/c1-21(13-11-18-10-6-7-12-22(18)2)14-17-15-23-19(20-17)16-8-4-3-5-9-16/h3-5,8-9,15,18H,6-7,10-14H2,1-2H3. The van der Waals surface area contributed by atoms with Crippen molar-refractivity contribution in [3.63, 3.8) is 0 Å². The quantitative estimate of drug-likeness (QED) is 0.795. The zero-order chi connectivity index (χ0) is 16.1. The van der Waals surface area contributed by atoms with Gasteiger partial charge in [-0.1, -0.05) is 36.8 Å². The number of aromatic nitrogens is 1. The van der Waals surface area contributed by atoms with Crippen molar-refractivity contribution >= 4 is 11.3 Å². The van der Waals surface area contributed by atoms with Crippen LogP contribution in [0.5, 0.6) is 0 Å². The molecule has 0 aliphatic carbocycles. The molecule has 0 saturated carbocycles. The zero-order valence-corrected chi connectivity index (χ0v) is 15.1. The normalized spacial score (nSPS) is 19.3. The number of rotatable bonds is 6. The van der Waals surface area contributed by atoms with E-state index in [0.717, 1.165) is 24.1 Å². The predicted molar refractivity (Wildman–Crippen MR) is 98.8 cm³/mol. The van der Waals surface area contributed by atoms with Crippen LogP contribution in [0.25, 0.3) is 10.6 Å².